The summed E-state index contributed by atoms with van der Waals surface area (Å²) >= 11 is 2.42. The lowest BCUT2D eigenvalue weighted by Gasteiger charge is -2.23. The molecule has 3 heteroatoms. The summed E-state index contributed by atoms with van der Waals surface area (Å²) < 4.78 is 6.61. The first-order chi connectivity index (χ1) is 4.40. The van der Waals surface area contributed by atoms with Crippen LogP contribution in [0.4, 0.5) is 0 Å². The monoisotopic (exact) mass is 239 g/mol. The van der Waals surface area contributed by atoms with Crippen LogP contribution in [0.25, 0.3) is 0 Å². The Bertz CT molecular complexity index is 120. The van der Waals surface area contributed by atoms with Gasteiger partial charge in [0.2, 0.25) is 0 Å². The van der Waals surface area contributed by atoms with Gasteiger partial charge >= 0.3 is 0 Å². The molecule has 2 aliphatic heterocycles. The largest absolute Gasteiger partial charge is 0.375 e. The van der Waals surface area contributed by atoms with Crippen LogP contribution in [0.15, 0.2) is 0 Å². The molecule has 2 saturated heterocycles. The number of morpholine rings is 1. The lowest BCUT2D eigenvalue weighted by atomic mass is 10.2. The van der Waals surface area contributed by atoms with Crippen molar-refractivity contribution < 1.29 is 4.74 Å². The number of rotatable bonds is 1. The summed E-state index contributed by atoms with van der Waals surface area (Å²) in [4.78, 5) is 2.49. The van der Waals surface area contributed by atoms with Crippen molar-refractivity contribution in [3.8, 4) is 0 Å². The summed E-state index contributed by atoms with van der Waals surface area (Å²) in [6.07, 6.45) is 1.85. The Hall–Kier alpha value is 0.650. The van der Waals surface area contributed by atoms with Crippen LogP contribution in [-0.2, 0) is 4.74 Å². The molecule has 0 spiro atoms. The normalized spacial score (nSPS) is 42.3. The minimum Gasteiger partial charge on any atom is -0.375 e. The van der Waals surface area contributed by atoms with Crippen LogP contribution in [0.2, 0.25) is 0 Å². The fraction of sp³-hybridized carbons (Fsp3) is 1.00. The summed E-state index contributed by atoms with van der Waals surface area (Å²) in [5.41, 5.74) is 0. The zero-order chi connectivity index (χ0) is 6.27. The average molecular weight is 239 g/mol. The molecule has 2 bridgehead atoms. The molecule has 0 N–H and O–H groups in total. The van der Waals surface area contributed by atoms with E-state index in [2.05, 4.69) is 27.5 Å². The second kappa shape index (κ2) is 2.36. The Morgan fingerprint density at radius 1 is 1.67 bits per heavy atom. The number of ether oxygens (including phenoxy) is 1. The standard InChI is InChI=1S/C6H10INO/c7-4-8-2-6-1-5(8)3-9-6/h5-6H,1-4H2. The molecule has 0 radical (unpaired) electrons. The van der Waals surface area contributed by atoms with Crippen LogP contribution >= 0.6 is 22.6 Å². The van der Waals surface area contributed by atoms with E-state index in [1.54, 1.807) is 0 Å². The number of hydrogen-bond acceptors (Lipinski definition) is 2. The van der Waals surface area contributed by atoms with Gasteiger partial charge in [-0.1, -0.05) is 22.6 Å². The predicted octanol–water partition coefficient (Wildman–Crippen LogP) is 0.852. The van der Waals surface area contributed by atoms with Crippen molar-refractivity contribution in [3.63, 3.8) is 0 Å². The maximum absolute atomic E-state index is 5.44. The lowest BCUT2D eigenvalue weighted by molar-refractivity contribution is 0.0403. The molecule has 0 amide bonds. The van der Waals surface area contributed by atoms with Crippen molar-refractivity contribution in [2.24, 2.45) is 0 Å². The molecule has 2 rings (SSSR count). The lowest BCUT2D eigenvalue weighted by Crippen LogP contribution is -2.35. The number of hydrogen-bond donors (Lipinski definition) is 0. The summed E-state index contributed by atoms with van der Waals surface area (Å²) in [6, 6.07) is 0.756. The molecular formula is C6H10INO. The summed E-state index contributed by atoms with van der Waals surface area (Å²) in [7, 11) is 0. The second-order valence-electron chi connectivity index (χ2n) is 2.74. The minimum atomic E-state index is 0.574. The molecule has 0 saturated carbocycles. The number of nitrogens with zero attached hydrogens (tertiary/aromatic N) is 1. The fourth-order valence-electron chi connectivity index (χ4n) is 1.63. The molecule has 52 valence electrons. The van der Waals surface area contributed by atoms with Crippen molar-refractivity contribution in [1.82, 2.24) is 4.90 Å². The number of fused-ring (bicyclic) bond motifs is 2. The van der Waals surface area contributed by atoms with E-state index in [0.29, 0.717) is 6.10 Å². The van der Waals surface area contributed by atoms with Crippen LogP contribution in [0, 0.1) is 0 Å². The van der Waals surface area contributed by atoms with Crippen molar-refractivity contribution >= 4 is 22.6 Å². The van der Waals surface area contributed by atoms with Gasteiger partial charge in [0.1, 0.15) is 0 Å². The molecule has 2 fully saturated rings. The third-order valence-electron chi connectivity index (χ3n) is 2.17. The maximum Gasteiger partial charge on any atom is 0.0718 e. The highest BCUT2D eigenvalue weighted by atomic mass is 127. The Kier molecular flexibility index (Phi) is 1.67. The molecular weight excluding hydrogens is 229 g/mol. The number of alkyl halides is 1. The van der Waals surface area contributed by atoms with E-state index in [4.69, 9.17) is 4.74 Å². The third kappa shape index (κ3) is 0.991. The SMILES string of the molecule is ICN1CC2CC1CO2. The van der Waals surface area contributed by atoms with Crippen LogP contribution in [0.5, 0.6) is 0 Å². The molecule has 0 aromatic rings. The molecule has 0 aromatic heterocycles. The van der Waals surface area contributed by atoms with Gasteiger partial charge in [-0.15, -0.1) is 0 Å². The molecule has 2 nitrogen and oxygen atoms in total. The zero-order valence-corrected chi connectivity index (χ0v) is 7.37. The van der Waals surface area contributed by atoms with Crippen LogP contribution < -0.4 is 0 Å². The van der Waals surface area contributed by atoms with Gasteiger partial charge in [0.15, 0.2) is 0 Å². The van der Waals surface area contributed by atoms with E-state index < -0.39 is 0 Å². The fourth-order valence-corrected chi connectivity index (χ4v) is 2.46. The first kappa shape index (κ1) is 6.37. The highest BCUT2D eigenvalue weighted by Crippen LogP contribution is 2.27. The first-order valence-corrected chi connectivity index (χ1v) is 4.84. The van der Waals surface area contributed by atoms with E-state index >= 15 is 0 Å². The Morgan fingerprint density at radius 3 is 2.89 bits per heavy atom. The van der Waals surface area contributed by atoms with Gasteiger partial charge in [0.25, 0.3) is 0 Å². The van der Waals surface area contributed by atoms with E-state index in [0.717, 1.165) is 12.6 Å². The average Bonchev–Trinajstić information content (AvgIpc) is 2.45. The van der Waals surface area contributed by atoms with E-state index in [-0.39, 0.29) is 0 Å². The van der Waals surface area contributed by atoms with E-state index in [1.165, 1.54) is 17.5 Å². The maximum atomic E-state index is 5.44. The molecule has 2 heterocycles. The van der Waals surface area contributed by atoms with E-state index in [9.17, 15) is 0 Å². The van der Waals surface area contributed by atoms with Gasteiger partial charge in [0, 0.05) is 12.6 Å². The Labute approximate surface area is 68.7 Å². The first-order valence-electron chi connectivity index (χ1n) is 3.32. The smallest absolute Gasteiger partial charge is 0.0718 e. The van der Waals surface area contributed by atoms with Crippen molar-refractivity contribution in [2.75, 3.05) is 17.7 Å². The topological polar surface area (TPSA) is 12.5 Å². The molecule has 2 atom stereocenters. The van der Waals surface area contributed by atoms with Crippen LogP contribution in [0.3, 0.4) is 0 Å². The highest BCUT2D eigenvalue weighted by Gasteiger charge is 2.37. The van der Waals surface area contributed by atoms with Gasteiger partial charge in [-0.2, -0.15) is 0 Å². The van der Waals surface area contributed by atoms with Gasteiger partial charge in [-0.05, 0) is 6.42 Å². The zero-order valence-electron chi connectivity index (χ0n) is 5.22. The van der Waals surface area contributed by atoms with E-state index in [1.807, 2.05) is 0 Å². The molecule has 0 aromatic carbocycles. The van der Waals surface area contributed by atoms with Crippen molar-refractivity contribution in [1.29, 1.82) is 0 Å². The predicted molar refractivity (Wildman–Crippen MR) is 43.7 cm³/mol. The third-order valence-corrected chi connectivity index (χ3v) is 3.04. The van der Waals surface area contributed by atoms with Crippen molar-refractivity contribution in [2.45, 2.75) is 18.6 Å². The van der Waals surface area contributed by atoms with Crippen LogP contribution in [0.1, 0.15) is 6.42 Å². The molecule has 2 unspecified atom stereocenters. The number of halogens is 1. The summed E-state index contributed by atoms with van der Waals surface area (Å²) in [5, 5.41) is 0. The highest BCUT2D eigenvalue weighted by molar-refractivity contribution is 14.1. The molecule has 9 heavy (non-hydrogen) atoms. The summed E-state index contributed by atoms with van der Waals surface area (Å²) in [6.45, 7) is 2.15. The number of likely N-dealkylation sites (tertiary alicyclic amines) is 1. The Morgan fingerprint density at radius 2 is 2.56 bits per heavy atom. The molecule has 2 aliphatic rings. The van der Waals surface area contributed by atoms with Gasteiger partial charge in [-0.25, -0.2) is 0 Å². The summed E-state index contributed by atoms with van der Waals surface area (Å²) in [5.74, 6) is 0. The van der Waals surface area contributed by atoms with Crippen molar-refractivity contribution in [3.05, 3.63) is 0 Å². The quantitative estimate of drug-likeness (QED) is 0.382. The van der Waals surface area contributed by atoms with Gasteiger partial charge in [0.05, 0.1) is 17.3 Å². The van der Waals surface area contributed by atoms with Gasteiger partial charge in [-0.3, -0.25) is 4.90 Å². The molecule has 0 aliphatic carbocycles. The Balaban J connectivity index is 2.01. The van der Waals surface area contributed by atoms with Gasteiger partial charge < -0.3 is 4.74 Å². The second-order valence-corrected chi connectivity index (χ2v) is 3.42. The van der Waals surface area contributed by atoms with Crippen LogP contribution in [-0.4, -0.2) is 34.7 Å². The minimum absolute atomic E-state index is 0.574.